The molecule has 0 aliphatic rings. The number of amides is 1. The van der Waals surface area contributed by atoms with Crippen molar-refractivity contribution < 1.29 is 9.32 Å². The maximum atomic E-state index is 12.3. The standard InChI is InChI=1S/C13H10N4O4S/c18-11(15-10-3-4-21-16-10)9-6-14-13(20)17(12(9)19)7-8-2-1-5-22-8/h1-6H,7H2,(H,14,20)(H,15,16,18). The number of thiophene rings is 1. The maximum absolute atomic E-state index is 12.3. The van der Waals surface area contributed by atoms with Crippen molar-refractivity contribution in [3.63, 3.8) is 0 Å². The Bertz CT molecular complexity index is 893. The highest BCUT2D eigenvalue weighted by Crippen LogP contribution is 2.08. The zero-order chi connectivity index (χ0) is 15.5. The van der Waals surface area contributed by atoms with Crippen LogP contribution >= 0.6 is 11.3 Å². The lowest BCUT2D eigenvalue weighted by Gasteiger charge is -2.05. The van der Waals surface area contributed by atoms with Crippen LogP contribution in [-0.2, 0) is 6.54 Å². The number of nitrogens with zero attached hydrogens (tertiary/aromatic N) is 2. The average molecular weight is 318 g/mol. The molecule has 22 heavy (non-hydrogen) atoms. The van der Waals surface area contributed by atoms with E-state index in [2.05, 4.69) is 20.0 Å². The maximum Gasteiger partial charge on any atom is 0.328 e. The number of aromatic nitrogens is 3. The molecule has 0 aliphatic carbocycles. The minimum atomic E-state index is -0.671. The van der Waals surface area contributed by atoms with Crippen LogP contribution in [0, 0.1) is 0 Å². The van der Waals surface area contributed by atoms with Crippen molar-refractivity contribution in [2.24, 2.45) is 0 Å². The zero-order valence-corrected chi connectivity index (χ0v) is 11.9. The lowest BCUT2D eigenvalue weighted by molar-refractivity contribution is 0.102. The van der Waals surface area contributed by atoms with E-state index >= 15 is 0 Å². The van der Waals surface area contributed by atoms with Gasteiger partial charge in [0.25, 0.3) is 11.5 Å². The first-order valence-corrected chi connectivity index (χ1v) is 7.10. The minimum Gasteiger partial charge on any atom is -0.363 e. The first-order valence-electron chi connectivity index (χ1n) is 6.22. The Morgan fingerprint density at radius 3 is 2.95 bits per heavy atom. The average Bonchev–Trinajstić information content (AvgIpc) is 3.16. The number of H-pyrrole nitrogens is 1. The number of rotatable bonds is 4. The first-order chi connectivity index (χ1) is 10.6. The molecular formula is C13H10N4O4S. The fraction of sp³-hybridized carbons (Fsp3) is 0.0769. The van der Waals surface area contributed by atoms with Crippen LogP contribution in [0.15, 0.2) is 50.2 Å². The molecule has 3 aromatic heterocycles. The predicted molar refractivity (Wildman–Crippen MR) is 79.2 cm³/mol. The molecule has 0 saturated heterocycles. The molecule has 112 valence electrons. The number of hydrogen-bond donors (Lipinski definition) is 2. The molecule has 0 saturated carbocycles. The summed E-state index contributed by atoms with van der Waals surface area (Å²) in [4.78, 5) is 39.4. The highest BCUT2D eigenvalue weighted by Gasteiger charge is 2.16. The predicted octanol–water partition coefficient (Wildman–Crippen LogP) is 0.887. The fourth-order valence-corrected chi connectivity index (χ4v) is 2.53. The zero-order valence-electron chi connectivity index (χ0n) is 11.1. The normalized spacial score (nSPS) is 10.5. The van der Waals surface area contributed by atoms with Crippen LogP contribution in [0.4, 0.5) is 5.82 Å². The van der Waals surface area contributed by atoms with Gasteiger partial charge in [-0.1, -0.05) is 11.2 Å². The van der Waals surface area contributed by atoms with E-state index in [9.17, 15) is 14.4 Å². The van der Waals surface area contributed by atoms with E-state index in [1.165, 1.54) is 23.7 Å². The van der Waals surface area contributed by atoms with Gasteiger partial charge in [0.1, 0.15) is 11.8 Å². The van der Waals surface area contributed by atoms with Gasteiger partial charge >= 0.3 is 5.69 Å². The fourth-order valence-electron chi connectivity index (χ4n) is 1.84. The number of carbonyl (C=O) groups is 1. The molecule has 0 spiro atoms. The Kier molecular flexibility index (Phi) is 3.71. The van der Waals surface area contributed by atoms with Gasteiger partial charge < -0.3 is 14.8 Å². The Balaban J connectivity index is 1.94. The van der Waals surface area contributed by atoms with Gasteiger partial charge in [0, 0.05) is 17.1 Å². The third-order valence-electron chi connectivity index (χ3n) is 2.88. The van der Waals surface area contributed by atoms with Crippen molar-refractivity contribution in [3.8, 4) is 0 Å². The number of carbonyl (C=O) groups excluding carboxylic acids is 1. The molecular weight excluding hydrogens is 308 g/mol. The Morgan fingerprint density at radius 1 is 1.41 bits per heavy atom. The highest BCUT2D eigenvalue weighted by atomic mass is 32.1. The van der Waals surface area contributed by atoms with E-state index < -0.39 is 17.2 Å². The van der Waals surface area contributed by atoms with Gasteiger partial charge in [0.05, 0.1) is 6.54 Å². The van der Waals surface area contributed by atoms with Crippen LogP contribution in [0.2, 0.25) is 0 Å². The smallest absolute Gasteiger partial charge is 0.328 e. The van der Waals surface area contributed by atoms with Gasteiger partial charge in [-0.2, -0.15) is 0 Å². The molecule has 8 nitrogen and oxygen atoms in total. The largest absolute Gasteiger partial charge is 0.363 e. The lowest BCUT2D eigenvalue weighted by Crippen LogP contribution is -2.39. The Hall–Kier alpha value is -2.94. The third kappa shape index (κ3) is 2.74. The molecule has 0 fully saturated rings. The second kappa shape index (κ2) is 5.82. The summed E-state index contributed by atoms with van der Waals surface area (Å²) >= 11 is 1.42. The summed E-state index contributed by atoms with van der Waals surface area (Å²) in [6.07, 6.45) is 2.38. The van der Waals surface area contributed by atoms with Crippen LogP contribution < -0.4 is 16.6 Å². The number of anilines is 1. The molecule has 0 radical (unpaired) electrons. The van der Waals surface area contributed by atoms with Gasteiger partial charge in [-0.3, -0.25) is 14.2 Å². The SMILES string of the molecule is O=C(Nc1ccon1)c1c[nH]c(=O)n(Cc2cccs2)c1=O. The quantitative estimate of drug-likeness (QED) is 0.742. The van der Waals surface area contributed by atoms with E-state index in [-0.39, 0.29) is 17.9 Å². The minimum absolute atomic E-state index is 0.108. The van der Waals surface area contributed by atoms with Crippen molar-refractivity contribution in [1.82, 2.24) is 14.7 Å². The van der Waals surface area contributed by atoms with Gasteiger partial charge in [-0.15, -0.1) is 11.3 Å². The monoisotopic (exact) mass is 318 g/mol. The van der Waals surface area contributed by atoms with Crippen LogP contribution in [-0.4, -0.2) is 20.6 Å². The van der Waals surface area contributed by atoms with Gasteiger partial charge in [-0.05, 0) is 11.4 Å². The highest BCUT2D eigenvalue weighted by molar-refractivity contribution is 7.09. The van der Waals surface area contributed by atoms with Crippen molar-refractivity contribution in [2.45, 2.75) is 6.54 Å². The third-order valence-corrected chi connectivity index (χ3v) is 3.74. The van der Waals surface area contributed by atoms with Gasteiger partial charge in [0.2, 0.25) is 0 Å². The van der Waals surface area contributed by atoms with E-state index in [4.69, 9.17) is 0 Å². The summed E-state index contributed by atoms with van der Waals surface area (Å²) in [6, 6.07) is 5.06. The molecule has 0 atom stereocenters. The van der Waals surface area contributed by atoms with Crippen molar-refractivity contribution in [3.05, 3.63) is 67.3 Å². The van der Waals surface area contributed by atoms with Gasteiger partial charge in [0.15, 0.2) is 5.82 Å². The van der Waals surface area contributed by atoms with E-state index in [0.29, 0.717) is 0 Å². The first kappa shape index (κ1) is 14.0. The molecule has 3 heterocycles. The molecule has 0 aromatic carbocycles. The molecule has 2 N–H and O–H groups in total. The number of hydrogen-bond acceptors (Lipinski definition) is 6. The summed E-state index contributed by atoms with van der Waals surface area (Å²) < 4.78 is 5.57. The lowest BCUT2D eigenvalue weighted by atomic mass is 10.3. The summed E-state index contributed by atoms with van der Waals surface area (Å²) in [5, 5.41) is 7.78. The van der Waals surface area contributed by atoms with Crippen molar-refractivity contribution in [1.29, 1.82) is 0 Å². The van der Waals surface area contributed by atoms with E-state index in [0.717, 1.165) is 15.6 Å². The van der Waals surface area contributed by atoms with Crippen LogP contribution in [0.5, 0.6) is 0 Å². The topological polar surface area (TPSA) is 110 Å². The molecule has 0 unspecified atom stereocenters. The van der Waals surface area contributed by atoms with Crippen LogP contribution in [0.1, 0.15) is 15.2 Å². The number of aromatic amines is 1. The Morgan fingerprint density at radius 2 is 2.27 bits per heavy atom. The molecule has 3 aromatic rings. The van der Waals surface area contributed by atoms with Crippen molar-refractivity contribution >= 4 is 23.1 Å². The summed E-state index contributed by atoms with van der Waals surface area (Å²) in [7, 11) is 0. The van der Waals surface area contributed by atoms with E-state index in [1.54, 1.807) is 6.07 Å². The molecule has 3 rings (SSSR count). The van der Waals surface area contributed by atoms with Crippen molar-refractivity contribution in [2.75, 3.05) is 5.32 Å². The Labute approximate surface area is 127 Å². The summed E-state index contributed by atoms with van der Waals surface area (Å²) in [6.45, 7) is 0.108. The van der Waals surface area contributed by atoms with Gasteiger partial charge in [-0.25, -0.2) is 4.79 Å². The van der Waals surface area contributed by atoms with Crippen LogP contribution in [0.25, 0.3) is 0 Å². The molecule has 9 heteroatoms. The van der Waals surface area contributed by atoms with E-state index in [1.807, 2.05) is 11.4 Å². The second-order valence-electron chi connectivity index (χ2n) is 4.32. The molecule has 0 aliphatic heterocycles. The van der Waals surface area contributed by atoms with Crippen LogP contribution in [0.3, 0.4) is 0 Å². The molecule has 1 amide bonds. The molecule has 0 bridgehead atoms. The second-order valence-corrected chi connectivity index (χ2v) is 5.35. The summed E-state index contributed by atoms with van der Waals surface area (Å²) in [5.41, 5.74) is -1.42. The summed E-state index contributed by atoms with van der Waals surface area (Å²) in [5.74, 6) is -0.490. The number of nitrogens with one attached hydrogen (secondary N) is 2.